The lowest BCUT2D eigenvalue weighted by atomic mass is 10.1. The highest BCUT2D eigenvalue weighted by atomic mass is 32.2. The zero-order valence-electron chi connectivity index (χ0n) is 11.3. The third kappa shape index (κ3) is 3.84. The van der Waals surface area contributed by atoms with Crippen LogP contribution in [-0.2, 0) is 15.9 Å². The molecule has 0 saturated carbocycles. The third-order valence-electron chi connectivity index (χ3n) is 3.32. The molecule has 1 aromatic carbocycles. The maximum Gasteiger partial charge on any atom is 0.242 e. The molecule has 20 heavy (non-hydrogen) atoms. The lowest BCUT2D eigenvalue weighted by molar-refractivity contribution is -0.0353. The van der Waals surface area contributed by atoms with Gasteiger partial charge in [0.2, 0.25) is 6.29 Å². The molecule has 0 amide bonds. The lowest BCUT2D eigenvalue weighted by Crippen LogP contribution is -2.14. The fourth-order valence-electron chi connectivity index (χ4n) is 2.25. The first kappa shape index (κ1) is 13.6. The summed E-state index contributed by atoms with van der Waals surface area (Å²) in [7, 11) is 0. The minimum atomic E-state index is -0.193. The van der Waals surface area contributed by atoms with Crippen LogP contribution in [-0.4, -0.2) is 30.6 Å². The predicted molar refractivity (Wildman–Crippen MR) is 79.6 cm³/mol. The molecule has 1 N–H and O–H groups in total. The van der Waals surface area contributed by atoms with Crippen LogP contribution < -0.4 is 10.1 Å². The molecule has 5 heteroatoms. The van der Waals surface area contributed by atoms with E-state index in [2.05, 4.69) is 17.4 Å². The van der Waals surface area contributed by atoms with E-state index in [1.165, 1.54) is 5.56 Å². The summed E-state index contributed by atoms with van der Waals surface area (Å²) in [6.07, 6.45) is 4.78. The molecule has 2 heterocycles. The Balaban J connectivity index is 1.41. The number of nitrogens with one attached hydrogen (secondary N) is 1. The normalized spacial score (nSPS) is 21.7. The highest BCUT2D eigenvalue weighted by Gasteiger charge is 2.15. The monoisotopic (exact) mass is 293 g/mol. The molecule has 1 atom stereocenters. The van der Waals surface area contributed by atoms with Gasteiger partial charge in [-0.2, -0.15) is 0 Å². The van der Waals surface area contributed by atoms with Crippen LogP contribution in [0.3, 0.4) is 0 Å². The Bertz CT molecular complexity index is 435. The van der Waals surface area contributed by atoms with Gasteiger partial charge in [0.05, 0.1) is 13.0 Å². The minimum absolute atomic E-state index is 0.193. The summed E-state index contributed by atoms with van der Waals surface area (Å²) in [4.78, 5) is 0. The summed E-state index contributed by atoms with van der Waals surface area (Å²) < 4.78 is 16.1. The van der Waals surface area contributed by atoms with E-state index in [0.717, 1.165) is 31.0 Å². The molecule has 1 fully saturated rings. The second kappa shape index (κ2) is 6.90. The van der Waals surface area contributed by atoms with Gasteiger partial charge in [0.1, 0.15) is 18.3 Å². The van der Waals surface area contributed by atoms with Crippen molar-refractivity contribution in [1.82, 2.24) is 5.32 Å². The van der Waals surface area contributed by atoms with Crippen LogP contribution in [0.15, 0.2) is 36.8 Å². The van der Waals surface area contributed by atoms with Crippen LogP contribution in [0, 0.1) is 0 Å². The van der Waals surface area contributed by atoms with Crippen molar-refractivity contribution in [3.05, 3.63) is 42.4 Å². The quantitative estimate of drug-likeness (QED) is 0.872. The fraction of sp³-hybridized carbons (Fsp3) is 0.467. The Labute approximate surface area is 123 Å². The van der Waals surface area contributed by atoms with Crippen LogP contribution in [0.25, 0.3) is 0 Å². The van der Waals surface area contributed by atoms with Gasteiger partial charge in [-0.3, -0.25) is 0 Å². The molecule has 2 aliphatic rings. The van der Waals surface area contributed by atoms with E-state index in [1.54, 1.807) is 12.5 Å². The maximum atomic E-state index is 5.69. The highest BCUT2D eigenvalue weighted by Crippen LogP contribution is 2.21. The van der Waals surface area contributed by atoms with Gasteiger partial charge in [0, 0.05) is 17.7 Å². The minimum Gasteiger partial charge on any atom is -0.493 e. The Kier molecular flexibility index (Phi) is 4.71. The predicted octanol–water partition coefficient (Wildman–Crippen LogP) is 2.50. The van der Waals surface area contributed by atoms with Crippen LogP contribution in [0.5, 0.6) is 5.75 Å². The van der Waals surface area contributed by atoms with Crippen LogP contribution in [0.2, 0.25) is 0 Å². The number of rotatable bonds is 6. The first-order valence-corrected chi connectivity index (χ1v) is 7.95. The zero-order valence-corrected chi connectivity index (χ0v) is 12.1. The molecule has 4 nitrogen and oxygen atoms in total. The van der Waals surface area contributed by atoms with Gasteiger partial charge in [-0.05, 0) is 24.1 Å². The van der Waals surface area contributed by atoms with Crippen molar-refractivity contribution in [2.45, 2.75) is 24.4 Å². The number of ether oxygens (including phenoxy) is 3. The van der Waals surface area contributed by atoms with Crippen molar-refractivity contribution in [1.29, 1.82) is 0 Å². The molecule has 1 aromatic rings. The molecule has 2 aliphatic heterocycles. The first-order chi connectivity index (χ1) is 9.90. The van der Waals surface area contributed by atoms with Crippen molar-refractivity contribution in [3.8, 4) is 5.75 Å². The SMILES string of the molecule is C1=COC(CCOc2ccc(CC3CNCS3)cc2)O1. The van der Waals surface area contributed by atoms with Gasteiger partial charge < -0.3 is 19.5 Å². The smallest absolute Gasteiger partial charge is 0.242 e. The summed E-state index contributed by atoms with van der Waals surface area (Å²) in [5, 5.41) is 4.07. The Hall–Kier alpha value is -1.33. The molecule has 0 aliphatic carbocycles. The highest BCUT2D eigenvalue weighted by molar-refractivity contribution is 8.00. The summed E-state index contributed by atoms with van der Waals surface area (Å²) >= 11 is 1.99. The van der Waals surface area contributed by atoms with E-state index < -0.39 is 0 Å². The summed E-state index contributed by atoms with van der Waals surface area (Å²) in [5.41, 5.74) is 1.37. The number of benzene rings is 1. The van der Waals surface area contributed by atoms with E-state index in [9.17, 15) is 0 Å². The van der Waals surface area contributed by atoms with Gasteiger partial charge in [-0.25, -0.2) is 0 Å². The molecule has 0 spiro atoms. The number of hydrogen-bond acceptors (Lipinski definition) is 5. The Morgan fingerprint density at radius 2 is 2.00 bits per heavy atom. The van der Waals surface area contributed by atoms with E-state index >= 15 is 0 Å². The Morgan fingerprint density at radius 1 is 1.20 bits per heavy atom. The maximum absolute atomic E-state index is 5.69. The Morgan fingerprint density at radius 3 is 2.70 bits per heavy atom. The van der Waals surface area contributed by atoms with Crippen molar-refractivity contribution in [2.24, 2.45) is 0 Å². The van der Waals surface area contributed by atoms with Gasteiger partial charge in [0.25, 0.3) is 0 Å². The van der Waals surface area contributed by atoms with Gasteiger partial charge in [0.15, 0.2) is 0 Å². The molecule has 0 bridgehead atoms. The summed E-state index contributed by atoms with van der Waals surface area (Å²) in [6.45, 7) is 1.70. The van der Waals surface area contributed by atoms with E-state index in [1.807, 2.05) is 23.9 Å². The molecular weight excluding hydrogens is 274 g/mol. The molecule has 0 radical (unpaired) electrons. The van der Waals surface area contributed by atoms with Crippen molar-refractivity contribution >= 4 is 11.8 Å². The van der Waals surface area contributed by atoms with Crippen LogP contribution in [0.1, 0.15) is 12.0 Å². The van der Waals surface area contributed by atoms with E-state index in [4.69, 9.17) is 14.2 Å². The molecule has 0 aromatic heterocycles. The third-order valence-corrected chi connectivity index (χ3v) is 4.49. The molecule has 1 saturated heterocycles. The van der Waals surface area contributed by atoms with Gasteiger partial charge in [-0.1, -0.05) is 12.1 Å². The van der Waals surface area contributed by atoms with Crippen molar-refractivity contribution < 1.29 is 14.2 Å². The van der Waals surface area contributed by atoms with Gasteiger partial charge in [-0.15, -0.1) is 11.8 Å². The number of thioether (sulfide) groups is 1. The topological polar surface area (TPSA) is 39.7 Å². The summed E-state index contributed by atoms with van der Waals surface area (Å²) in [5.74, 6) is 1.98. The largest absolute Gasteiger partial charge is 0.493 e. The molecule has 3 rings (SSSR count). The molecule has 1 unspecified atom stereocenters. The first-order valence-electron chi connectivity index (χ1n) is 6.90. The van der Waals surface area contributed by atoms with Crippen molar-refractivity contribution in [2.75, 3.05) is 19.0 Å². The second-order valence-electron chi connectivity index (χ2n) is 4.85. The van der Waals surface area contributed by atoms with E-state index in [0.29, 0.717) is 11.9 Å². The summed E-state index contributed by atoms with van der Waals surface area (Å²) in [6, 6.07) is 8.38. The zero-order chi connectivity index (χ0) is 13.6. The van der Waals surface area contributed by atoms with Crippen LogP contribution >= 0.6 is 11.8 Å². The van der Waals surface area contributed by atoms with E-state index in [-0.39, 0.29) is 6.29 Å². The average Bonchev–Trinajstić information content (AvgIpc) is 3.14. The van der Waals surface area contributed by atoms with Gasteiger partial charge >= 0.3 is 0 Å². The molecule has 108 valence electrons. The standard InChI is InChI=1S/C15H19NO3S/c1-3-13(17-6-5-15-18-7-8-19-15)4-2-12(1)9-14-10-16-11-20-14/h1-4,7-8,14-16H,5-6,9-11H2. The molecular formula is C15H19NO3S. The number of hydrogen-bond donors (Lipinski definition) is 1. The lowest BCUT2D eigenvalue weighted by Gasteiger charge is -2.12. The van der Waals surface area contributed by atoms with Crippen LogP contribution in [0.4, 0.5) is 0 Å². The average molecular weight is 293 g/mol. The fourth-order valence-corrected chi connectivity index (χ4v) is 3.27. The second-order valence-corrected chi connectivity index (χ2v) is 6.13. The van der Waals surface area contributed by atoms with Crippen molar-refractivity contribution in [3.63, 3.8) is 0 Å².